The van der Waals surface area contributed by atoms with Gasteiger partial charge in [0.2, 0.25) is 5.91 Å². The standard InChI is InChI=1S/C17H10ClF3N2O2S/c18-15-10-3-1-2-4-12(10)26-13(15)5-6-14(24)23-11-7-9(17(19,20)21)8-22-16(11)25/h1-8H,(H,22,25)(H,23,24). The first-order valence-corrected chi connectivity index (χ1v) is 8.41. The van der Waals surface area contributed by atoms with E-state index >= 15 is 0 Å². The number of thiophene rings is 1. The number of pyridine rings is 1. The summed E-state index contributed by atoms with van der Waals surface area (Å²) in [4.78, 5) is 26.1. The topological polar surface area (TPSA) is 62.0 Å². The van der Waals surface area contributed by atoms with Gasteiger partial charge in [0.1, 0.15) is 5.69 Å². The molecule has 4 nitrogen and oxygen atoms in total. The van der Waals surface area contributed by atoms with Gasteiger partial charge in [-0.3, -0.25) is 9.59 Å². The molecule has 0 atom stereocenters. The number of benzene rings is 1. The average Bonchev–Trinajstić information content (AvgIpc) is 2.90. The van der Waals surface area contributed by atoms with Crippen LogP contribution in [0.2, 0.25) is 5.02 Å². The molecule has 2 heterocycles. The maximum absolute atomic E-state index is 12.7. The Kier molecular flexibility index (Phi) is 4.88. The molecule has 0 spiro atoms. The van der Waals surface area contributed by atoms with Crippen molar-refractivity contribution in [2.24, 2.45) is 0 Å². The van der Waals surface area contributed by atoms with Crippen LogP contribution in [0.1, 0.15) is 10.4 Å². The number of nitrogens with one attached hydrogen (secondary N) is 2. The van der Waals surface area contributed by atoms with E-state index in [1.807, 2.05) is 29.2 Å². The van der Waals surface area contributed by atoms with Crippen molar-refractivity contribution in [3.05, 3.63) is 68.4 Å². The number of hydrogen-bond donors (Lipinski definition) is 2. The number of carbonyl (C=O) groups excluding carboxylic acids is 1. The SMILES string of the molecule is O=C(C=Cc1sc2ccccc2c1Cl)Nc1cc(C(F)(F)F)c[nH]c1=O. The molecule has 9 heteroatoms. The second-order valence-electron chi connectivity index (χ2n) is 5.23. The lowest BCUT2D eigenvalue weighted by molar-refractivity contribution is -0.137. The van der Waals surface area contributed by atoms with Crippen molar-refractivity contribution in [3.8, 4) is 0 Å². The summed E-state index contributed by atoms with van der Waals surface area (Å²) < 4.78 is 39.0. The van der Waals surface area contributed by atoms with Crippen LogP contribution in [0.4, 0.5) is 18.9 Å². The Labute approximate surface area is 153 Å². The Hall–Kier alpha value is -2.58. The van der Waals surface area contributed by atoms with Crippen molar-refractivity contribution < 1.29 is 18.0 Å². The molecule has 0 bridgehead atoms. The Morgan fingerprint density at radius 3 is 2.69 bits per heavy atom. The minimum absolute atomic E-state index is 0.478. The first-order valence-electron chi connectivity index (χ1n) is 7.22. The third kappa shape index (κ3) is 3.81. The minimum atomic E-state index is -4.63. The molecule has 0 saturated carbocycles. The Balaban J connectivity index is 1.81. The van der Waals surface area contributed by atoms with Gasteiger partial charge >= 0.3 is 6.18 Å². The highest BCUT2D eigenvalue weighted by Crippen LogP contribution is 2.36. The van der Waals surface area contributed by atoms with Gasteiger partial charge in [0, 0.05) is 27.2 Å². The highest BCUT2D eigenvalue weighted by Gasteiger charge is 2.31. The van der Waals surface area contributed by atoms with Crippen LogP contribution in [0.5, 0.6) is 0 Å². The van der Waals surface area contributed by atoms with Gasteiger partial charge in [-0.25, -0.2) is 0 Å². The maximum Gasteiger partial charge on any atom is 0.417 e. The minimum Gasteiger partial charge on any atom is -0.327 e. The largest absolute Gasteiger partial charge is 0.417 e. The number of hydrogen-bond acceptors (Lipinski definition) is 3. The number of carbonyl (C=O) groups is 1. The first kappa shape index (κ1) is 18.2. The van der Waals surface area contributed by atoms with E-state index in [2.05, 4.69) is 5.32 Å². The van der Waals surface area contributed by atoms with Crippen molar-refractivity contribution >= 4 is 50.7 Å². The summed E-state index contributed by atoms with van der Waals surface area (Å²) in [5.74, 6) is -0.747. The number of aromatic amines is 1. The van der Waals surface area contributed by atoms with Crippen LogP contribution >= 0.6 is 22.9 Å². The van der Waals surface area contributed by atoms with Crippen molar-refractivity contribution in [1.29, 1.82) is 0 Å². The number of anilines is 1. The Morgan fingerprint density at radius 2 is 2.00 bits per heavy atom. The quantitative estimate of drug-likeness (QED) is 0.615. The number of fused-ring (bicyclic) bond motifs is 1. The summed E-state index contributed by atoms with van der Waals surface area (Å²) >= 11 is 7.61. The van der Waals surface area contributed by atoms with Gasteiger partial charge in [-0.15, -0.1) is 11.3 Å². The molecule has 134 valence electrons. The number of rotatable bonds is 3. The normalized spacial score (nSPS) is 12.0. The van der Waals surface area contributed by atoms with E-state index in [4.69, 9.17) is 11.6 Å². The number of alkyl halides is 3. The molecule has 1 amide bonds. The van der Waals surface area contributed by atoms with Gasteiger partial charge < -0.3 is 10.3 Å². The van der Waals surface area contributed by atoms with E-state index in [-0.39, 0.29) is 0 Å². The molecular weight excluding hydrogens is 389 g/mol. The summed E-state index contributed by atoms with van der Waals surface area (Å²) in [7, 11) is 0. The summed E-state index contributed by atoms with van der Waals surface area (Å²) in [5.41, 5.74) is -2.39. The molecular formula is C17H10ClF3N2O2S. The molecule has 26 heavy (non-hydrogen) atoms. The second-order valence-corrected chi connectivity index (χ2v) is 6.69. The van der Waals surface area contributed by atoms with Crippen molar-refractivity contribution in [3.63, 3.8) is 0 Å². The highest BCUT2D eigenvalue weighted by atomic mass is 35.5. The lowest BCUT2D eigenvalue weighted by Gasteiger charge is -2.08. The first-order chi connectivity index (χ1) is 12.3. The van der Waals surface area contributed by atoms with Crippen LogP contribution in [0.3, 0.4) is 0 Å². The second kappa shape index (κ2) is 6.97. The molecule has 0 radical (unpaired) electrons. The van der Waals surface area contributed by atoms with Crippen LogP contribution in [0, 0.1) is 0 Å². The number of aromatic nitrogens is 1. The summed E-state index contributed by atoms with van der Waals surface area (Å²) in [6, 6.07) is 7.99. The third-order valence-electron chi connectivity index (χ3n) is 3.43. The van der Waals surface area contributed by atoms with Gasteiger partial charge in [-0.1, -0.05) is 29.8 Å². The number of halogens is 4. The van der Waals surface area contributed by atoms with Gasteiger partial charge in [0.25, 0.3) is 5.56 Å². The fourth-order valence-corrected chi connectivity index (χ4v) is 3.60. The van der Waals surface area contributed by atoms with Crippen LogP contribution in [0.15, 0.2) is 47.4 Å². The van der Waals surface area contributed by atoms with Crippen LogP contribution < -0.4 is 10.9 Å². The molecule has 0 aliphatic rings. The zero-order valence-electron chi connectivity index (χ0n) is 12.9. The lowest BCUT2D eigenvalue weighted by atomic mass is 10.2. The molecule has 0 unspecified atom stereocenters. The van der Waals surface area contributed by atoms with Gasteiger partial charge in [0.15, 0.2) is 0 Å². The molecule has 0 aliphatic heterocycles. The van der Waals surface area contributed by atoms with Crippen molar-refractivity contribution in [2.75, 3.05) is 5.32 Å². The zero-order valence-corrected chi connectivity index (χ0v) is 14.4. The van der Waals surface area contributed by atoms with E-state index in [1.165, 1.54) is 17.4 Å². The number of H-pyrrole nitrogens is 1. The summed E-state index contributed by atoms with van der Waals surface area (Å²) in [6.07, 6.45) is -1.53. The van der Waals surface area contributed by atoms with E-state index < -0.39 is 28.9 Å². The maximum atomic E-state index is 12.7. The Morgan fingerprint density at radius 1 is 1.27 bits per heavy atom. The van der Waals surface area contributed by atoms with Crippen LogP contribution in [-0.4, -0.2) is 10.9 Å². The van der Waals surface area contributed by atoms with Crippen molar-refractivity contribution in [1.82, 2.24) is 4.98 Å². The molecule has 2 aromatic heterocycles. The molecule has 0 fully saturated rings. The molecule has 1 aromatic carbocycles. The lowest BCUT2D eigenvalue weighted by Crippen LogP contribution is -2.20. The predicted octanol–water partition coefficient (Wildman–Crippen LogP) is 4.91. The van der Waals surface area contributed by atoms with Crippen LogP contribution in [0.25, 0.3) is 16.2 Å². The van der Waals surface area contributed by atoms with E-state index in [1.54, 1.807) is 0 Å². The smallest absolute Gasteiger partial charge is 0.327 e. The van der Waals surface area contributed by atoms with Gasteiger partial charge in [0.05, 0.1) is 10.6 Å². The molecule has 0 aliphatic carbocycles. The van der Waals surface area contributed by atoms with Crippen LogP contribution in [-0.2, 0) is 11.0 Å². The summed E-state index contributed by atoms with van der Waals surface area (Å²) in [6.45, 7) is 0. The predicted molar refractivity (Wildman–Crippen MR) is 96.6 cm³/mol. The summed E-state index contributed by atoms with van der Waals surface area (Å²) in [5, 5.41) is 3.46. The van der Waals surface area contributed by atoms with Gasteiger partial charge in [-0.05, 0) is 18.2 Å². The monoisotopic (exact) mass is 398 g/mol. The fraction of sp³-hybridized carbons (Fsp3) is 0.0588. The fourth-order valence-electron chi connectivity index (χ4n) is 2.21. The van der Waals surface area contributed by atoms with E-state index in [0.717, 1.165) is 16.2 Å². The highest BCUT2D eigenvalue weighted by molar-refractivity contribution is 7.20. The molecule has 0 saturated heterocycles. The zero-order chi connectivity index (χ0) is 18.9. The molecule has 2 N–H and O–H groups in total. The molecule has 3 aromatic rings. The molecule has 3 rings (SSSR count). The van der Waals surface area contributed by atoms with Crippen molar-refractivity contribution in [2.45, 2.75) is 6.18 Å². The number of amides is 1. The van der Waals surface area contributed by atoms with E-state index in [9.17, 15) is 22.8 Å². The van der Waals surface area contributed by atoms with E-state index in [0.29, 0.717) is 22.2 Å². The van der Waals surface area contributed by atoms with Gasteiger partial charge in [-0.2, -0.15) is 13.2 Å². The third-order valence-corrected chi connectivity index (χ3v) is 5.09. The average molecular weight is 399 g/mol. The Bertz CT molecular complexity index is 1070.